The highest BCUT2D eigenvalue weighted by Gasteiger charge is 2.20. The van der Waals surface area contributed by atoms with Crippen LogP contribution in [0.15, 0.2) is 16.0 Å². The van der Waals surface area contributed by atoms with Gasteiger partial charge < -0.3 is 14.9 Å². The summed E-state index contributed by atoms with van der Waals surface area (Å²) in [6.07, 6.45) is 0. The van der Waals surface area contributed by atoms with E-state index in [1.807, 2.05) is 13.0 Å². The highest BCUT2D eigenvalue weighted by Crippen LogP contribution is 2.23. The van der Waals surface area contributed by atoms with Crippen molar-refractivity contribution in [1.29, 1.82) is 0 Å². The van der Waals surface area contributed by atoms with Crippen molar-refractivity contribution in [3.05, 3.63) is 33.6 Å². The van der Waals surface area contributed by atoms with Crippen molar-refractivity contribution in [2.45, 2.75) is 45.7 Å². The highest BCUT2D eigenvalue weighted by molar-refractivity contribution is 7.09. The van der Waals surface area contributed by atoms with Gasteiger partial charge >= 0.3 is 5.97 Å². The molecule has 2 aromatic rings. The number of thiazole rings is 1. The predicted octanol–water partition coefficient (Wildman–Crippen LogP) is 2.98. The zero-order valence-electron chi connectivity index (χ0n) is 12.5. The first-order valence-electron chi connectivity index (χ1n) is 6.65. The molecule has 21 heavy (non-hydrogen) atoms. The van der Waals surface area contributed by atoms with Crippen LogP contribution < -0.4 is 5.32 Å². The predicted molar refractivity (Wildman–Crippen MR) is 79.5 cm³/mol. The normalized spacial score (nSPS) is 13.3. The maximum absolute atomic E-state index is 10.8. The van der Waals surface area contributed by atoms with E-state index in [2.05, 4.69) is 36.2 Å². The number of carboxylic acids is 1. The molecule has 0 bridgehead atoms. The Morgan fingerprint density at radius 1 is 1.52 bits per heavy atom. The quantitative estimate of drug-likeness (QED) is 0.882. The molecule has 0 amide bonds. The summed E-state index contributed by atoms with van der Waals surface area (Å²) in [7, 11) is 0. The monoisotopic (exact) mass is 309 g/mol. The molecule has 0 saturated heterocycles. The second-order valence-corrected chi connectivity index (χ2v) is 6.80. The van der Waals surface area contributed by atoms with Crippen molar-refractivity contribution in [2.24, 2.45) is 0 Å². The SMILES string of the molecule is CC(NCc1cc(C(C)(C)C)on1)c1nc(C(=O)O)cs1. The molecule has 1 unspecified atom stereocenters. The molecular formula is C14H19N3O3S. The van der Waals surface area contributed by atoms with Gasteiger partial charge in [0, 0.05) is 23.4 Å². The minimum Gasteiger partial charge on any atom is -0.476 e. The molecule has 6 nitrogen and oxygen atoms in total. The van der Waals surface area contributed by atoms with Crippen molar-refractivity contribution in [3.8, 4) is 0 Å². The maximum atomic E-state index is 10.8. The number of hydrogen-bond donors (Lipinski definition) is 2. The third-order valence-electron chi connectivity index (χ3n) is 3.00. The lowest BCUT2D eigenvalue weighted by atomic mass is 9.93. The zero-order chi connectivity index (χ0) is 15.6. The topological polar surface area (TPSA) is 88.3 Å². The fourth-order valence-corrected chi connectivity index (χ4v) is 2.50. The van der Waals surface area contributed by atoms with Crippen molar-refractivity contribution in [3.63, 3.8) is 0 Å². The zero-order valence-corrected chi connectivity index (χ0v) is 13.3. The van der Waals surface area contributed by atoms with Gasteiger partial charge in [-0.25, -0.2) is 9.78 Å². The average molecular weight is 309 g/mol. The Bertz CT molecular complexity index is 627. The number of rotatable bonds is 5. The van der Waals surface area contributed by atoms with Crippen LogP contribution in [-0.4, -0.2) is 21.2 Å². The van der Waals surface area contributed by atoms with Gasteiger partial charge in [0.1, 0.15) is 10.8 Å². The summed E-state index contributed by atoms with van der Waals surface area (Å²) < 4.78 is 5.32. The van der Waals surface area contributed by atoms with Crippen molar-refractivity contribution < 1.29 is 14.4 Å². The van der Waals surface area contributed by atoms with Crippen LogP contribution in [0, 0.1) is 0 Å². The highest BCUT2D eigenvalue weighted by atomic mass is 32.1. The average Bonchev–Trinajstić information content (AvgIpc) is 3.04. The minimum absolute atomic E-state index is 0.0436. The molecular weight excluding hydrogens is 290 g/mol. The van der Waals surface area contributed by atoms with Crippen molar-refractivity contribution in [2.75, 3.05) is 0 Å². The molecule has 2 heterocycles. The first kappa shape index (κ1) is 15.7. The van der Waals surface area contributed by atoms with E-state index in [1.54, 1.807) is 5.38 Å². The summed E-state index contributed by atoms with van der Waals surface area (Å²) in [5.74, 6) is -0.162. The lowest BCUT2D eigenvalue weighted by molar-refractivity contribution is 0.0691. The number of nitrogens with zero attached hydrogens (tertiary/aromatic N) is 2. The molecule has 114 valence electrons. The van der Waals surface area contributed by atoms with Gasteiger partial charge in [-0.05, 0) is 6.92 Å². The summed E-state index contributed by atoms with van der Waals surface area (Å²) in [4.78, 5) is 14.9. The molecule has 0 aromatic carbocycles. The molecule has 0 saturated carbocycles. The number of hydrogen-bond acceptors (Lipinski definition) is 6. The van der Waals surface area contributed by atoms with Gasteiger partial charge in [0.05, 0.1) is 11.7 Å². The van der Waals surface area contributed by atoms with E-state index < -0.39 is 5.97 Å². The van der Waals surface area contributed by atoms with E-state index in [0.29, 0.717) is 6.54 Å². The number of carboxylic acid groups (broad SMARTS) is 1. The standard InChI is InChI=1S/C14H19N3O3S/c1-8(12-16-10(7-21-12)13(18)19)15-6-9-5-11(20-17-9)14(2,3)4/h5,7-8,15H,6H2,1-4H3,(H,18,19). The van der Waals surface area contributed by atoms with E-state index in [4.69, 9.17) is 9.63 Å². The van der Waals surface area contributed by atoms with Crippen LogP contribution in [0.3, 0.4) is 0 Å². The number of aromatic nitrogens is 2. The summed E-state index contributed by atoms with van der Waals surface area (Å²) >= 11 is 1.33. The van der Waals surface area contributed by atoms with Gasteiger partial charge in [-0.1, -0.05) is 25.9 Å². The third kappa shape index (κ3) is 3.89. The second-order valence-electron chi connectivity index (χ2n) is 5.91. The summed E-state index contributed by atoms with van der Waals surface area (Å²) in [6.45, 7) is 8.68. The largest absolute Gasteiger partial charge is 0.476 e. The molecule has 1 atom stereocenters. The molecule has 2 N–H and O–H groups in total. The van der Waals surface area contributed by atoms with E-state index in [9.17, 15) is 4.79 Å². The van der Waals surface area contributed by atoms with Crippen molar-refractivity contribution >= 4 is 17.3 Å². The summed E-state index contributed by atoms with van der Waals surface area (Å²) in [5.41, 5.74) is 0.838. The maximum Gasteiger partial charge on any atom is 0.355 e. The molecule has 7 heteroatoms. The van der Waals surface area contributed by atoms with E-state index in [0.717, 1.165) is 16.5 Å². The van der Waals surface area contributed by atoms with Crippen LogP contribution in [0.25, 0.3) is 0 Å². The Morgan fingerprint density at radius 3 is 2.76 bits per heavy atom. The molecule has 2 rings (SSSR count). The van der Waals surface area contributed by atoms with Gasteiger partial charge in [-0.15, -0.1) is 11.3 Å². The number of aromatic carboxylic acids is 1. The van der Waals surface area contributed by atoms with Gasteiger partial charge in [0.15, 0.2) is 5.69 Å². The lowest BCUT2D eigenvalue weighted by Crippen LogP contribution is -2.18. The molecule has 0 fully saturated rings. The second kappa shape index (κ2) is 5.95. The Balaban J connectivity index is 1.95. The van der Waals surface area contributed by atoms with Crippen LogP contribution in [0.2, 0.25) is 0 Å². The smallest absolute Gasteiger partial charge is 0.355 e. The van der Waals surface area contributed by atoms with Crippen molar-refractivity contribution in [1.82, 2.24) is 15.5 Å². The van der Waals surface area contributed by atoms with E-state index in [1.165, 1.54) is 11.3 Å². The summed E-state index contributed by atoms with van der Waals surface area (Å²) in [5, 5.41) is 18.5. The van der Waals surface area contributed by atoms with Crippen LogP contribution >= 0.6 is 11.3 Å². The molecule has 2 aromatic heterocycles. The third-order valence-corrected chi connectivity index (χ3v) is 4.03. The van der Waals surface area contributed by atoms with Crippen LogP contribution in [0.1, 0.15) is 60.7 Å². The number of nitrogens with one attached hydrogen (secondary N) is 1. The van der Waals surface area contributed by atoms with Crippen LogP contribution in [0.5, 0.6) is 0 Å². The van der Waals surface area contributed by atoms with Crippen LogP contribution in [-0.2, 0) is 12.0 Å². The molecule has 0 radical (unpaired) electrons. The van der Waals surface area contributed by atoms with Gasteiger partial charge in [-0.3, -0.25) is 0 Å². The molecule has 0 aliphatic carbocycles. The Morgan fingerprint density at radius 2 is 2.24 bits per heavy atom. The van der Waals surface area contributed by atoms with Gasteiger partial charge in [-0.2, -0.15) is 0 Å². The fraction of sp³-hybridized carbons (Fsp3) is 0.500. The van der Waals surface area contributed by atoms with E-state index in [-0.39, 0.29) is 17.2 Å². The Kier molecular flexibility index (Phi) is 4.43. The van der Waals surface area contributed by atoms with Gasteiger partial charge in [0.25, 0.3) is 0 Å². The fourth-order valence-electron chi connectivity index (χ4n) is 1.68. The van der Waals surface area contributed by atoms with Crippen LogP contribution in [0.4, 0.5) is 0 Å². The lowest BCUT2D eigenvalue weighted by Gasteiger charge is -2.12. The molecule has 0 spiro atoms. The van der Waals surface area contributed by atoms with E-state index >= 15 is 0 Å². The number of carbonyl (C=O) groups is 1. The minimum atomic E-state index is -1.00. The first-order valence-corrected chi connectivity index (χ1v) is 7.53. The Hall–Kier alpha value is -1.73. The van der Waals surface area contributed by atoms with Gasteiger partial charge in [0.2, 0.25) is 0 Å². The molecule has 0 aliphatic heterocycles. The Labute approximate surface area is 127 Å². The molecule has 0 aliphatic rings. The summed E-state index contributed by atoms with van der Waals surface area (Å²) in [6, 6.07) is 1.89. The first-order chi connectivity index (χ1) is 9.77.